The molecule has 90 valence electrons. The van der Waals surface area contributed by atoms with E-state index in [0.29, 0.717) is 6.54 Å². The number of nitrogens with one attached hydrogen (secondary N) is 1. The highest BCUT2D eigenvalue weighted by molar-refractivity contribution is 14.1. The van der Waals surface area contributed by atoms with Crippen molar-refractivity contribution in [2.24, 2.45) is 0 Å². The monoisotopic (exact) mass is 342 g/mol. The highest BCUT2D eigenvalue weighted by atomic mass is 127. The quantitative estimate of drug-likeness (QED) is 0.862. The summed E-state index contributed by atoms with van der Waals surface area (Å²) in [6.07, 6.45) is 0. The summed E-state index contributed by atoms with van der Waals surface area (Å²) in [6.45, 7) is 0.702. The fourth-order valence-electron chi connectivity index (χ4n) is 1.64. The minimum absolute atomic E-state index is 0.702. The van der Waals surface area contributed by atoms with E-state index in [0.717, 1.165) is 15.2 Å². The van der Waals surface area contributed by atoms with Crippen LogP contribution in [0.5, 0.6) is 0 Å². The molecule has 0 saturated heterocycles. The average Bonchev–Trinajstić information content (AvgIpc) is 2.73. The molecule has 0 unspecified atom stereocenters. The molecular formula is C13H15IN2O. The summed E-state index contributed by atoms with van der Waals surface area (Å²) in [4.78, 5) is 2.09. The Bertz CT molecular complexity index is 494. The van der Waals surface area contributed by atoms with Crippen LogP contribution in [0.4, 0.5) is 11.4 Å². The molecule has 0 fully saturated rings. The van der Waals surface area contributed by atoms with Crippen molar-refractivity contribution >= 4 is 34.0 Å². The molecule has 0 radical (unpaired) electrons. The molecule has 0 saturated carbocycles. The molecule has 0 aliphatic carbocycles. The Balaban J connectivity index is 2.08. The highest BCUT2D eigenvalue weighted by Crippen LogP contribution is 2.24. The van der Waals surface area contributed by atoms with Gasteiger partial charge in [0.25, 0.3) is 0 Å². The number of halogens is 1. The van der Waals surface area contributed by atoms with Gasteiger partial charge < -0.3 is 14.6 Å². The minimum atomic E-state index is 0.702. The second-order valence-corrected chi connectivity index (χ2v) is 5.03. The Kier molecular flexibility index (Phi) is 3.93. The predicted octanol–water partition coefficient (Wildman–Crippen LogP) is 3.56. The van der Waals surface area contributed by atoms with Gasteiger partial charge in [0.1, 0.15) is 5.76 Å². The Morgan fingerprint density at radius 1 is 1.18 bits per heavy atom. The lowest BCUT2D eigenvalue weighted by molar-refractivity contribution is 0.493. The zero-order valence-corrected chi connectivity index (χ0v) is 12.1. The van der Waals surface area contributed by atoms with Crippen LogP contribution in [0.15, 0.2) is 40.8 Å². The summed E-state index contributed by atoms with van der Waals surface area (Å²) in [5.41, 5.74) is 2.29. The molecule has 17 heavy (non-hydrogen) atoms. The van der Waals surface area contributed by atoms with Gasteiger partial charge in [-0.05, 0) is 46.9 Å². The predicted molar refractivity (Wildman–Crippen MR) is 79.5 cm³/mol. The third-order valence-electron chi connectivity index (χ3n) is 2.47. The lowest BCUT2D eigenvalue weighted by Crippen LogP contribution is -2.11. The van der Waals surface area contributed by atoms with Gasteiger partial charge in [0.2, 0.25) is 0 Å². The Morgan fingerprint density at radius 3 is 2.59 bits per heavy atom. The fraction of sp³-hybridized carbons (Fsp3) is 0.231. The lowest BCUT2D eigenvalue weighted by Gasteiger charge is -2.17. The van der Waals surface area contributed by atoms with E-state index in [1.54, 1.807) is 0 Å². The molecule has 3 nitrogen and oxygen atoms in total. The second-order valence-electron chi connectivity index (χ2n) is 3.97. The molecule has 4 heteroatoms. The van der Waals surface area contributed by atoms with Crippen molar-refractivity contribution in [2.45, 2.75) is 6.54 Å². The maximum atomic E-state index is 5.52. The van der Waals surface area contributed by atoms with E-state index in [1.165, 1.54) is 5.69 Å². The first-order chi connectivity index (χ1) is 8.16. The van der Waals surface area contributed by atoms with Crippen LogP contribution in [0, 0.1) is 3.77 Å². The molecule has 1 aromatic carbocycles. The second kappa shape index (κ2) is 5.44. The van der Waals surface area contributed by atoms with E-state index in [9.17, 15) is 0 Å². The summed E-state index contributed by atoms with van der Waals surface area (Å²) < 4.78 is 6.43. The van der Waals surface area contributed by atoms with Crippen molar-refractivity contribution in [3.8, 4) is 0 Å². The molecule has 2 rings (SSSR count). The first-order valence-electron chi connectivity index (χ1n) is 5.41. The number of hydrogen-bond donors (Lipinski definition) is 1. The van der Waals surface area contributed by atoms with Crippen LogP contribution < -0.4 is 10.2 Å². The lowest BCUT2D eigenvalue weighted by atomic mass is 10.2. The van der Waals surface area contributed by atoms with Crippen molar-refractivity contribution < 1.29 is 4.42 Å². The summed E-state index contributed by atoms with van der Waals surface area (Å²) in [5.74, 6) is 0.947. The zero-order valence-electron chi connectivity index (χ0n) is 9.90. The van der Waals surface area contributed by atoms with E-state index in [4.69, 9.17) is 4.42 Å². The van der Waals surface area contributed by atoms with Crippen molar-refractivity contribution in [3.63, 3.8) is 0 Å². The van der Waals surface area contributed by atoms with Gasteiger partial charge in [-0.3, -0.25) is 0 Å². The van der Waals surface area contributed by atoms with E-state index in [1.807, 2.05) is 38.4 Å². The van der Waals surface area contributed by atoms with Gasteiger partial charge in [0, 0.05) is 14.1 Å². The van der Waals surface area contributed by atoms with E-state index in [2.05, 4.69) is 44.9 Å². The molecule has 0 aliphatic heterocycles. The third kappa shape index (κ3) is 3.15. The summed E-state index contributed by atoms with van der Waals surface area (Å²) in [7, 11) is 4.08. The first-order valence-corrected chi connectivity index (χ1v) is 6.49. The smallest absolute Gasteiger partial charge is 0.164 e. The third-order valence-corrected chi connectivity index (χ3v) is 3.05. The molecule has 0 bridgehead atoms. The molecule has 0 atom stereocenters. The van der Waals surface area contributed by atoms with Crippen LogP contribution in [0.3, 0.4) is 0 Å². The summed E-state index contributed by atoms with van der Waals surface area (Å²) in [5, 5.41) is 3.39. The van der Waals surface area contributed by atoms with Crippen molar-refractivity contribution in [1.29, 1.82) is 0 Å². The van der Waals surface area contributed by atoms with Gasteiger partial charge in [-0.1, -0.05) is 12.1 Å². The van der Waals surface area contributed by atoms with Gasteiger partial charge >= 0.3 is 0 Å². The van der Waals surface area contributed by atoms with Crippen LogP contribution in [0.25, 0.3) is 0 Å². The molecule has 2 aromatic rings. The van der Waals surface area contributed by atoms with Crippen LogP contribution in [-0.4, -0.2) is 14.1 Å². The van der Waals surface area contributed by atoms with E-state index in [-0.39, 0.29) is 0 Å². The maximum absolute atomic E-state index is 5.52. The van der Waals surface area contributed by atoms with Gasteiger partial charge in [-0.2, -0.15) is 0 Å². The summed E-state index contributed by atoms with van der Waals surface area (Å²) >= 11 is 2.17. The van der Waals surface area contributed by atoms with E-state index >= 15 is 0 Å². The van der Waals surface area contributed by atoms with Crippen LogP contribution in [-0.2, 0) is 6.54 Å². The highest BCUT2D eigenvalue weighted by Gasteiger charge is 2.04. The Labute approximate surface area is 115 Å². The molecule has 1 N–H and O–H groups in total. The van der Waals surface area contributed by atoms with Gasteiger partial charge in [0.15, 0.2) is 3.77 Å². The van der Waals surface area contributed by atoms with Crippen LogP contribution in [0.2, 0.25) is 0 Å². The number of furan rings is 1. The minimum Gasteiger partial charge on any atom is -0.454 e. The molecule has 0 spiro atoms. The van der Waals surface area contributed by atoms with Gasteiger partial charge in [-0.25, -0.2) is 0 Å². The average molecular weight is 342 g/mol. The first kappa shape index (κ1) is 12.3. The number of anilines is 2. The zero-order chi connectivity index (χ0) is 12.3. The Hall–Kier alpha value is -1.17. The molecule has 1 heterocycles. The fourth-order valence-corrected chi connectivity index (χ4v) is 2.10. The SMILES string of the molecule is CN(C)c1ccccc1NCc1ccc(I)o1. The van der Waals surface area contributed by atoms with Crippen molar-refractivity contribution in [3.05, 3.63) is 45.9 Å². The summed E-state index contributed by atoms with van der Waals surface area (Å²) in [6, 6.07) is 12.2. The molecular weight excluding hydrogens is 327 g/mol. The maximum Gasteiger partial charge on any atom is 0.164 e. The number of rotatable bonds is 4. The molecule has 1 aromatic heterocycles. The largest absolute Gasteiger partial charge is 0.454 e. The van der Waals surface area contributed by atoms with E-state index < -0.39 is 0 Å². The Morgan fingerprint density at radius 2 is 1.94 bits per heavy atom. The van der Waals surface area contributed by atoms with Crippen LogP contribution >= 0.6 is 22.6 Å². The van der Waals surface area contributed by atoms with Crippen molar-refractivity contribution in [2.75, 3.05) is 24.3 Å². The standard InChI is InChI=1S/C13H15IN2O/c1-16(2)12-6-4-3-5-11(12)15-9-10-7-8-13(14)17-10/h3-8,15H,9H2,1-2H3. The van der Waals surface area contributed by atoms with Crippen LogP contribution in [0.1, 0.15) is 5.76 Å². The van der Waals surface area contributed by atoms with Crippen molar-refractivity contribution in [1.82, 2.24) is 0 Å². The van der Waals surface area contributed by atoms with Gasteiger partial charge in [0.05, 0.1) is 17.9 Å². The molecule has 0 amide bonds. The number of nitrogens with zero attached hydrogens (tertiary/aromatic N) is 1. The van der Waals surface area contributed by atoms with Gasteiger partial charge in [-0.15, -0.1) is 0 Å². The number of benzene rings is 1. The molecule has 0 aliphatic rings. The number of para-hydroxylation sites is 2. The number of hydrogen-bond acceptors (Lipinski definition) is 3. The normalized spacial score (nSPS) is 10.3. The topological polar surface area (TPSA) is 28.4 Å².